The van der Waals surface area contributed by atoms with Crippen LogP contribution in [-0.4, -0.2) is 50.1 Å². The molecule has 0 saturated carbocycles. The molecular formula is C15H32N4. The van der Waals surface area contributed by atoms with Crippen LogP contribution in [0.3, 0.4) is 0 Å². The topological polar surface area (TPSA) is 39.7 Å². The number of nitrogens with zero attached hydrogens (tertiary/aromatic N) is 2. The van der Waals surface area contributed by atoms with E-state index in [0.29, 0.717) is 12.0 Å². The highest BCUT2D eigenvalue weighted by molar-refractivity contribution is 5.79. The van der Waals surface area contributed by atoms with Crippen molar-refractivity contribution in [1.29, 1.82) is 0 Å². The number of guanidine groups is 1. The molecule has 0 radical (unpaired) electrons. The van der Waals surface area contributed by atoms with Crippen molar-refractivity contribution in [3.8, 4) is 0 Å². The van der Waals surface area contributed by atoms with E-state index >= 15 is 0 Å². The number of hydrogen-bond donors (Lipinski definition) is 2. The molecule has 1 rings (SSSR count). The molecule has 4 nitrogen and oxygen atoms in total. The molecule has 1 atom stereocenters. The molecule has 0 spiro atoms. The van der Waals surface area contributed by atoms with Gasteiger partial charge in [0.05, 0.1) is 0 Å². The van der Waals surface area contributed by atoms with Gasteiger partial charge in [0.2, 0.25) is 0 Å². The molecule has 0 bridgehead atoms. The molecule has 1 aliphatic rings. The zero-order valence-corrected chi connectivity index (χ0v) is 13.4. The Hall–Kier alpha value is -0.770. The Morgan fingerprint density at radius 2 is 1.74 bits per heavy atom. The SMILES string of the molecule is CN=C(NCC(C)C)NCC(C)N1CCC(C)CC1. The third kappa shape index (κ3) is 6.28. The fourth-order valence-corrected chi connectivity index (χ4v) is 2.36. The van der Waals surface area contributed by atoms with Crippen LogP contribution < -0.4 is 10.6 Å². The number of nitrogens with one attached hydrogen (secondary N) is 2. The van der Waals surface area contributed by atoms with Crippen LogP contribution in [0, 0.1) is 11.8 Å². The average Bonchev–Trinajstić information content (AvgIpc) is 2.39. The largest absolute Gasteiger partial charge is 0.356 e. The zero-order valence-electron chi connectivity index (χ0n) is 13.4. The van der Waals surface area contributed by atoms with Crippen LogP contribution in [-0.2, 0) is 0 Å². The molecule has 0 aromatic rings. The summed E-state index contributed by atoms with van der Waals surface area (Å²) in [6.45, 7) is 13.5. The van der Waals surface area contributed by atoms with Gasteiger partial charge in [0.25, 0.3) is 0 Å². The first kappa shape index (κ1) is 16.3. The van der Waals surface area contributed by atoms with Gasteiger partial charge in [0.15, 0.2) is 5.96 Å². The van der Waals surface area contributed by atoms with Crippen LogP contribution in [0.1, 0.15) is 40.5 Å². The molecule has 19 heavy (non-hydrogen) atoms. The standard InChI is InChI=1S/C15H32N4/c1-12(2)10-17-15(16-5)18-11-14(4)19-8-6-13(3)7-9-19/h12-14H,6-11H2,1-5H3,(H2,16,17,18). The summed E-state index contributed by atoms with van der Waals surface area (Å²) in [5.41, 5.74) is 0. The van der Waals surface area contributed by atoms with Crippen molar-refractivity contribution < 1.29 is 0 Å². The van der Waals surface area contributed by atoms with Crippen LogP contribution in [0.15, 0.2) is 4.99 Å². The minimum Gasteiger partial charge on any atom is -0.356 e. The second-order valence-corrected chi connectivity index (χ2v) is 6.30. The Kier molecular flexibility index (Phi) is 7.21. The molecule has 1 unspecified atom stereocenters. The van der Waals surface area contributed by atoms with E-state index in [2.05, 4.69) is 48.2 Å². The van der Waals surface area contributed by atoms with Gasteiger partial charge in [0, 0.05) is 26.2 Å². The molecular weight excluding hydrogens is 236 g/mol. The van der Waals surface area contributed by atoms with Crippen molar-refractivity contribution in [2.75, 3.05) is 33.2 Å². The number of likely N-dealkylation sites (tertiary alicyclic amines) is 1. The van der Waals surface area contributed by atoms with Gasteiger partial charge in [-0.25, -0.2) is 0 Å². The first-order chi connectivity index (χ1) is 9.02. The number of rotatable bonds is 5. The summed E-state index contributed by atoms with van der Waals surface area (Å²) in [4.78, 5) is 6.85. The van der Waals surface area contributed by atoms with Crippen molar-refractivity contribution in [3.05, 3.63) is 0 Å². The summed E-state index contributed by atoms with van der Waals surface area (Å²) in [6.07, 6.45) is 2.68. The Morgan fingerprint density at radius 1 is 1.16 bits per heavy atom. The summed E-state index contributed by atoms with van der Waals surface area (Å²) >= 11 is 0. The van der Waals surface area contributed by atoms with Gasteiger partial charge in [-0.05, 0) is 44.7 Å². The molecule has 112 valence electrons. The summed E-state index contributed by atoms with van der Waals surface area (Å²) in [5.74, 6) is 2.46. The second-order valence-electron chi connectivity index (χ2n) is 6.30. The smallest absolute Gasteiger partial charge is 0.191 e. The first-order valence-corrected chi connectivity index (χ1v) is 7.71. The molecule has 0 amide bonds. The predicted octanol–water partition coefficient (Wildman–Crippen LogP) is 1.93. The molecule has 1 saturated heterocycles. The normalized spacial score (nSPS) is 20.6. The fourth-order valence-electron chi connectivity index (χ4n) is 2.36. The van der Waals surface area contributed by atoms with E-state index in [1.54, 1.807) is 0 Å². The number of aliphatic imine (C=N–C) groups is 1. The van der Waals surface area contributed by atoms with Crippen molar-refractivity contribution in [1.82, 2.24) is 15.5 Å². The molecule has 0 aromatic carbocycles. The van der Waals surface area contributed by atoms with E-state index in [0.717, 1.165) is 25.0 Å². The van der Waals surface area contributed by atoms with Crippen LogP contribution in [0.2, 0.25) is 0 Å². The molecule has 4 heteroatoms. The number of hydrogen-bond acceptors (Lipinski definition) is 2. The molecule has 1 fully saturated rings. The quantitative estimate of drug-likeness (QED) is 0.591. The number of piperidine rings is 1. The van der Waals surface area contributed by atoms with Crippen molar-refractivity contribution in [2.45, 2.75) is 46.6 Å². The Morgan fingerprint density at radius 3 is 2.26 bits per heavy atom. The maximum Gasteiger partial charge on any atom is 0.191 e. The van der Waals surface area contributed by atoms with Crippen LogP contribution in [0.4, 0.5) is 0 Å². The van der Waals surface area contributed by atoms with Gasteiger partial charge < -0.3 is 10.6 Å². The highest BCUT2D eigenvalue weighted by atomic mass is 15.2. The van der Waals surface area contributed by atoms with Gasteiger partial charge >= 0.3 is 0 Å². The second kappa shape index (κ2) is 8.41. The summed E-state index contributed by atoms with van der Waals surface area (Å²) in [7, 11) is 1.84. The first-order valence-electron chi connectivity index (χ1n) is 7.71. The zero-order chi connectivity index (χ0) is 14.3. The Labute approximate surface area is 119 Å². The van der Waals surface area contributed by atoms with Crippen LogP contribution in [0.25, 0.3) is 0 Å². The minimum atomic E-state index is 0.574. The van der Waals surface area contributed by atoms with Gasteiger partial charge in [-0.15, -0.1) is 0 Å². The van der Waals surface area contributed by atoms with Crippen molar-refractivity contribution in [3.63, 3.8) is 0 Å². The summed E-state index contributed by atoms with van der Waals surface area (Å²) in [5, 5.41) is 6.78. The monoisotopic (exact) mass is 268 g/mol. The van der Waals surface area contributed by atoms with E-state index in [9.17, 15) is 0 Å². The van der Waals surface area contributed by atoms with Gasteiger partial charge in [-0.2, -0.15) is 0 Å². The summed E-state index contributed by atoms with van der Waals surface area (Å²) < 4.78 is 0. The average molecular weight is 268 g/mol. The molecule has 1 heterocycles. The van der Waals surface area contributed by atoms with Crippen molar-refractivity contribution in [2.24, 2.45) is 16.8 Å². The third-order valence-corrected chi connectivity index (χ3v) is 3.91. The van der Waals surface area contributed by atoms with E-state index in [-0.39, 0.29) is 0 Å². The highest BCUT2D eigenvalue weighted by Crippen LogP contribution is 2.17. The predicted molar refractivity (Wildman–Crippen MR) is 83.6 cm³/mol. The van der Waals surface area contributed by atoms with Crippen molar-refractivity contribution >= 4 is 5.96 Å². The van der Waals surface area contributed by atoms with Crippen LogP contribution in [0.5, 0.6) is 0 Å². The maximum absolute atomic E-state index is 4.27. The molecule has 2 N–H and O–H groups in total. The van der Waals surface area contributed by atoms with E-state index in [4.69, 9.17) is 0 Å². The highest BCUT2D eigenvalue weighted by Gasteiger charge is 2.20. The van der Waals surface area contributed by atoms with Gasteiger partial charge in [0.1, 0.15) is 0 Å². The molecule has 0 aromatic heterocycles. The van der Waals surface area contributed by atoms with Crippen LogP contribution >= 0.6 is 0 Å². The lowest BCUT2D eigenvalue weighted by Gasteiger charge is -2.35. The minimum absolute atomic E-state index is 0.574. The van der Waals surface area contributed by atoms with Gasteiger partial charge in [-0.1, -0.05) is 20.8 Å². The van der Waals surface area contributed by atoms with E-state index in [1.807, 2.05) is 7.05 Å². The van der Waals surface area contributed by atoms with E-state index in [1.165, 1.54) is 25.9 Å². The lowest BCUT2D eigenvalue weighted by Crippen LogP contribution is -2.48. The fraction of sp³-hybridized carbons (Fsp3) is 0.933. The van der Waals surface area contributed by atoms with E-state index < -0.39 is 0 Å². The van der Waals surface area contributed by atoms with Gasteiger partial charge in [-0.3, -0.25) is 9.89 Å². The maximum atomic E-state index is 4.27. The molecule has 0 aliphatic carbocycles. The molecule has 1 aliphatic heterocycles. The Bertz CT molecular complexity index is 267. The Balaban J connectivity index is 2.26. The summed E-state index contributed by atoms with van der Waals surface area (Å²) in [6, 6.07) is 0.574. The third-order valence-electron chi connectivity index (χ3n) is 3.91. The lowest BCUT2D eigenvalue weighted by molar-refractivity contribution is 0.147. The lowest BCUT2D eigenvalue weighted by atomic mass is 9.98.